The molecule has 6 aromatic carbocycles. The molecule has 0 aromatic heterocycles. The van der Waals surface area contributed by atoms with Gasteiger partial charge in [-0.15, -0.1) is 0 Å². The lowest BCUT2D eigenvalue weighted by Crippen LogP contribution is -2.49. The number of esters is 2. The summed E-state index contributed by atoms with van der Waals surface area (Å²) < 4.78 is 36.3. The lowest BCUT2D eigenvalue weighted by atomic mass is 10.0. The van der Waals surface area contributed by atoms with Crippen LogP contribution >= 0.6 is 0 Å². The summed E-state index contributed by atoms with van der Waals surface area (Å²) in [5, 5.41) is 0. The molecular formula is C60H60N4O10. The van der Waals surface area contributed by atoms with Gasteiger partial charge in [-0.2, -0.15) is 0 Å². The number of benzene rings is 6. The van der Waals surface area contributed by atoms with Crippen LogP contribution in [-0.4, -0.2) is 95.2 Å². The Balaban J connectivity index is 1.03. The van der Waals surface area contributed by atoms with Crippen LogP contribution in [0.15, 0.2) is 207 Å². The molecule has 380 valence electrons. The molecule has 14 heteroatoms. The highest BCUT2D eigenvalue weighted by Crippen LogP contribution is 2.34. The second-order valence-corrected chi connectivity index (χ2v) is 17.7. The fourth-order valence-electron chi connectivity index (χ4n) is 8.83. The number of nitrogens with zero attached hydrogens (tertiary/aromatic N) is 4. The number of rotatable bonds is 24. The third-order valence-corrected chi connectivity index (χ3v) is 12.8. The van der Waals surface area contributed by atoms with Gasteiger partial charge in [0.2, 0.25) is 0 Å². The first-order valence-corrected chi connectivity index (χ1v) is 24.4. The zero-order chi connectivity index (χ0) is 51.8. The summed E-state index contributed by atoms with van der Waals surface area (Å²) in [6, 6.07) is 51.9. The van der Waals surface area contributed by atoms with Crippen LogP contribution in [-0.2, 0) is 41.8 Å². The predicted octanol–water partition coefficient (Wildman–Crippen LogP) is 9.85. The highest BCUT2D eigenvalue weighted by Gasteiger charge is 2.39. The van der Waals surface area contributed by atoms with Crippen molar-refractivity contribution in [3.05, 3.63) is 240 Å². The highest BCUT2D eigenvalue weighted by atomic mass is 16.6. The Bertz CT molecular complexity index is 2700. The van der Waals surface area contributed by atoms with Crippen molar-refractivity contribution in [1.82, 2.24) is 19.6 Å². The topological polar surface area (TPSA) is 137 Å². The van der Waals surface area contributed by atoms with Gasteiger partial charge in [-0.05, 0) is 60.4 Å². The number of carbonyl (C=O) groups is 4. The molecule has 2 aliphatic heterocycles. The minimum atomic E-state index is -1.14. The summed E-state index contributed by atoms with van der Waals surface area (Å²) in [6.45, 7) is 4.20. The Kier molecular flexibility index (Phi) is 17.7. The Hall–Kier alpha value is -8.46. The second kappa shape index (κ2) is 25.3. The second-order valence-electron chi connectivity index (χ2n) is 17.7. The SMILES string of the molecule is COc1cccc(C(=O)CN2C=CN(C(C)C(OCc3ccccc3)c3ccccc3)C2OC(=O)/C=C/C(=O)OC2N(CC(=O)c3cccc(OC)c3)C=CN2C(C)C(OCc2ccccc2)c2ccccc2)c1. The maximum absolute atomic E-state index is 14.0. The van der Waals surface area contributed by atoms with E-state index in [-0.39, 0.29) is 24.7 Å². The van der Waals surface area contributed by atoms with E-state index in [1.54, 1.807) is 83.1 Å². The Labute approximate surface area is 432 Å². The number of methoxy groups -OCH3 is 2. The van der Waals surface area contributed by atoms with E-state index in [1.807, 2.05) is 145 Å². The molecule has 0 spiro atoms. The van der Waals surface area contributed by atoms with Gasteiger partial charge in [0.15, 0.2) is 11.6 Å². The molecule has 74 heavy (non-hydrogen) atoms. The maximum Gasteiger partial charge on any atom is 0.334 e. The van der Waals surface area contributed by atoms with Crippen LogP contribution in [0.5, 0.6) is 11.5 Å². The Morgan fingerprint density at radius 3 is 1.20 bits per heavy atom. The van der Waals surface area contributed by atoms with Crippen molar-refractivity contribution in [1.29, 1.82) is 0 Å². The lowest BCUT2D eigenvalue weighted by molar-refractivity contribution is -0.171. The van der Waals surface area contributed by atoms with E-state index in [1.165, 1.54) is 14.2 Å². The van der Waals surface area contributed by atoms with E-state index in [0.717, 1.165) is 34.4 Å². The third-order valence-electron chi connectivity index (χ3n) is 12.8. The van der Waals surface area contributed by atoms with Gasteiger partial charge in [0, 0.05) is 48.1 Å². The van der Waals surface area contributed by atoms with Crippen molar-refractivity contribution < 1.29 is 47.6 Å². The molecule has 8 rings (SSSR count). The normalized spacial score (nSPS) is 16.7. The number of ketones is 2. The van der Waals surface area contributed by atoms with Gasteiger partial charge in [0.1, 0.15) is 23.7 Å². The van der Waals surface area contributed by atoms with Gasteiger partial charge in [-0.1, -0.05) is 146 Å². The standard InChI is InChI=1S/C60H60N4O10/c1-43(57(47-23-13-7-14-24-47)71-41-45-19-9-5-10-20-45)63-35-33-61(39-53(65)49-27-17-29-51(37-49)69-3)59(63)73-55(67)31-32-56(68)74-60-62(40-54(66)50-28-18-30-52(38-50)70-4)34-36-64(60)44(2)58(48-25-15-8-16-26-48)72-42-46-21-11-6-12-22-46/h5-38,43-44,57-60H,39-42H2,1-4H3/b32-31+. The molecule has 0 bridgehead atoms. The van der Waals surface area contributed by atoms with Crippen LogP contribution < -0.4 is 9.47 Å². The van der Waals surface area contributed by atoms with Gasteiger partial charge in [-0.3, -0.25) is 9.59 Å². The summed E-state index contributed by atoms with van der Waals surface area (Å²) in [7, 11) is 3.06. The van der Waals surface area contributed by atoms with Crippen molar-refractivity contribution in [2.24, 2.45) is 0 Å². The van der Waals surface area contributed by atoms with Crippen LogP contribution in [0, 0.1) is 0 Å². The molecule has 0 radical (unpaired) electrons. The van der Waals surface area contributed by atoms with E-state index in [0.29, 0.717) is 35.8 Å². The Morgan fingerprint density at radius 1 is 0.473 bits per heavy atom. The zero-order valence-electron chi connectivity index (χ0n) is 41.8. The van der Waals surface area contributed by atoms with Crippen LogP contribution in [0.3, 0.4) is 0 Å². The van der Waals surface area contributed by atoms with Crippen molar-refractivity contribution in [3.8, 4) is 11.5 Å². The molecule has 6 unspecified atom stereocenters. The van der Waals surface area contributed by atoms with E-state index < -0.39 is 48.9 Å². The molecule has 0 saturated heterocycles. The first-order chi connectivity index (χ1) is 36.1. The van der Waals surface area contributed by atoms with Crippen LogP contribution in [0.2, 0.25) is 0 Å². The largest absolute Gasteiger partial charge is 0.497 e. The molecule has 0 aliphatic carbocycles. The summed E-state index contributed by atoms with van der Waals surface area (Å²) >= 11 is 0. The summed E-state index contributed by atoms with van der Waals surface area (Å²) in [5.74, 6) is -1.22. The van der Waals surface area contributed by atoms with Crippen molar-refractivity contribution >= 4 is 23.5 Å². The Morgan fingerprint density at radius 2 is 0.838 bits per heavy atom. The monoisotopic (exact) mass is 996 g/mol. The van der Waals surface area contributed by atoms with Gasteiger partial charge >= 0.3 is 11.9 Å². The average molecular weight is 997 g/mol. The third kappa shape index (κ3) is 13.3. The van der Waals surface area contributed by atoms with Gasteiger partial charge in [0.25, 0.3) is 12.7 Å². The van der Waals surface area contributed by atoms with E-state index in [2.05, 4.69) is 0 Å². The fourth-order valence-corrected chi connectivity index (χ4v) is 8.83. The first kappa shape index (κ1) is 51.9. The molecule has 2 aliphatic rings. The zero-order valence-corrected chi connectivity index (χ0v) is 41.8. The van der Waals surface area contributed by atoms with Gasteiger partial charge in [0.05, 0.1) is 52.6 Å². The minimum Gasteiger partial charge on any atom is -0.497 e. The molecular weight excluding hydrogens is 937 g/mol. The smallest absolute Gasteiger partial charge is 0.334 e. The van der Waals surface area contributed by atoms with Crippen molar-refractivity contribution in [2.45, 2.75) is 64.1 Å². The minimum absolute atomic E-state index is 0.163. The quantitative estimate of drug-likeness (QED) is 0.0323. The van der Waals surface area contributed by atoms with E-state index in [4.69, 9.17) is 28.4 Å². The average Bonchev–Trinajstić information content (AvgIpc) is 4.03. The summed E-state index contributed by atoms with van der Waals surface area (Å²) in [5.41, 5.74) is 4.56. The molecule has 2 heterocycles. The maximum atomic E-state index is 14.0. The van der Waals surface area contributed by atoms with Crippen molar-refractivity contribution in [2.75, 3.05) is 27.3 Å². The van der Waals surface area contributed by atoms with E-state index >= 15 is 0 Å². The van der Waals surface area contributed by atoms with Crippen LogP contribution in [0.4, 0.5) is 0 Å². The highest BCUT2D eigenvalue weighted by molar-refractivity contribution is 5.98. The molecule has 6 aromatic rings. The predicted molar refractivity (Wildman–Crippen MR) is 279 cm³/mol. The van der Waals surface area contributed by atoms with E-state index in [9.17, 15) is 19.2 Å². The summed E-state index contributed by atoms with van der Waals surface area (Å²) in [6.07, 6.45) is 5.58. The number of carbonyl (C=O) groups excluding carboxylic acids is 4. The molecule has 0 fully saturated rings. The molecule has 6 atom stereocenters. The van der Waals surface area contributed by atoms with Crippen molar-refractivity contribution in [3.63, 3.8) is 0 Å². The molecule has 14 nitrogen and oxygen atoms in total. The molecule has 0 saturated carbocycles. The fraction of sp³-hybridized carbons (Fsp3) is 0.233. The number of hydrogen-bond donors (Lipinski definition) is 0. The number of hydrogen-bond acceptors (Lipinski definition) is 14. The van der Waals surface area contributed by atoms with Crippen LogP contribution in [0.25, 0.3) is 0 Å². The lowest BCUT2D eigenvalue weighted by Gasteiger charge is -2.38. The molecule has 0 amide bonds. The molecule has 0 N–H and O–H groups in total. The summed E-state index contributed by atoms with van der Waals surface area (Å²) in [4.78, 5) is 62.6. The number of Topliss-reactive ketones (excluding diaryl/α,β-unsaturated/α-hetero) is 2. The number of ether oxygens (including phenoxy) is 6. The van der Waals surface area contributed by atoms with Gasteiger partial charge < -0.3 is 48.0 Å². The van der Waals surface area contributed by atoms with Crippen LogP contribution in [0.1, 0.15) is 69.0 Å². The first-order valence-electron chi connectivity index (χ1n) is 24.4. The van der Waals surface area contributed by atoms with Gasteiger partial charge in [-0.25, -0.2) is 9.59 Å².